The van der Waals surface area contributed by atoms with Gasteiger partial charge in [0.2, 0.25) is 5.88 Å². The number of anilines is 1. The van der Waals surface area contributed by atoms with Gasteiger partial charge in [-0.2, -0.15) is 0 Å². The van der Waals surface area contributed by atoms with Crippen LogP contribution in [0, 0.1) is 0 Å². The van der Waals surface area contributed by atoms with Crippen molar-refractivity contribution >= 4 is 27.8 Å². The highest BCUT2D eigenvalue weighted by Crippen LogP contribution is 2.34. The largest absolute Gasteiger partial charge is 0.491 e. The number of ether oxygens (including phenoxy) is 3. The van der Waals surface area contributed by atoms with E-state index in [0.29, 0.717) is 34.0 Å². The van der Waals surface area contributed by atoms with E-state index in [2.05, 4.69) is 15.0 Å². The van der Waals surface area contributed by atoms with E-state index in [1.165, 1.54) is 13.4 Å². The van der Waals surface area contributed by atoms with Crippen LogP contribution in [-0.2, 0) is 4.74 Å². The van der Waals surface area contributed by atoms with Crippen molar-refractivity contribution < 1.29 is 24.4 Å². The maximum Gasteiger partial charge on any atom is 0.225 e. The van der Waals surface area contributed by atoms with Gasteiger partial charge in [-0.05, 0) is 30.3 Å². The summed E-state index contributed by atoms with van der Waals surface area (Å²) in [5.41, 5.74) is 6.98. The number of aromatic nitrogens is 4. The monoisotopic (exact) mass is 423 g/mol. The van der Waals surface area contributed by atoms with E-state index >= 15 is 0 Å². The van der Waals surface area contributed by atoms with E-state index in [0.717, 1.165) is 5.39 Å². The lowest BCUT2D eigenvalue weighted by Gasteiger charge is -2.17. The number of hydrogen-bond donors (Lipinski definition) is 3. The first-order valence-electron chi connectivity index (χ1n) is 9.71. The van der Waals surface area contributed by atoms with Crippen LogP contribution >= 0.6 is 0 Å². The Hall–Kier alpha value is -3.47. The molecule has 160 valence electrons. The lowest BCUT2D eigenvalue weighted by atomic mass is 10.1. The Kier molecular flexibility index (Phi) is 4.81. The van der Waals surface area contributed by atoms with Gasteiger partial charge < -0.3 is 34.7 Å². The molecule has 1 saturated heterocycles. The van der Waals surface area contributed by atoms with Crippen molar-refractivity contribution in [2.45, 2.75) is 24.5 Å². The molecular formula is C21H21N5O5. The Morgan fingerprint density at radius 3 is 2.81 bits per heavy atom. The van der Waals surface area contributed by atoms with Gasteiger partial charge in [0.05, 0.1) is 18.0 Å². The summed E-state index contributed by atoms with van der Waals surface area (Å²) in [7, 11) is 1.52. The molecular weight excluding hydrogens is 402 g/mol. The van der Waals surface area contributed by atoms with Crippen LogP contribution in [0.5, 0.6) is 11.6 Å². The van der Waals surface area contributed by atoms with E-state index in [-0.39, 0.29) is 6.61 Å². The molecule has 3 aromatic heterocycles. The molecule has 31 heavy (non-hydrogen) atoms. The third-order valence-electron chi connectivity index (χ3n) is 5.38. The number of fused-ring (bicyclic) bond motifs is 2. The number of rotatable bonds is 5. The highest BCUT2D eigenvalue weighted by molar-refractivity contribution is 5.82. The quantitative estimate of drug-likeness (QED) is 0.433. The predicted molar refractivity (Wildman–Crippen MR) is 112 cm³/mol. The minimum absolute atomic E-state index is 0.0417. The highest BCUT2D eigenvalue weighted by Gasteiger charge is 2.44. The first-order chi connectivity index (χ1) is 15.0. The first kappa shape index (κ1) is 19.5. The standard InChI is InChI=1S/C21H21N5O5/c1-29-20-13-6-7-26(19(13)23-10-24-20)21-18(28)17(27)15(31-21)9-30-12-4-2-11-3-5-16(22)25-14(11)8-12/h2-8,10,15,17-18,21,27-28H,9H2,1H3,(H2,22,25)/t15-,17-,18-,21-/m1/s1. The summed E-state index contributed by atoms with van der Waals surface area (Å²) < 4.78 is 18.7. The maximum atomic E-state index is 10.6. The summed E-state index contributed by atoms with van der Waals surface area (Å²) in [6.45, 7) is 0.0417. The normalized spacial score (nSPS) is 23.5. The number of aliphatic hydroxyl groups is 2. The predicted octanol–water partition coefficient (Wildman–Crippen LogP) is 1.27. The van der Waals surface area contributed by atoms with E-state index in [1.54, 1.807) is 35.0 Å². The molecule has 5 rings (SSSR count). The van der Waals surface area contributed by atoms with Crippen LogP contribution in [0.2, 0.25) is 0 Å². The number of nitrogen functional groups attached to an aromatic ring is 1. The second-order valence-corrected chi connectivity index (χ2v) is 7.29. The molecule has 10 heteroatoms. The molecule has 4 atom stereocenters. The fourth-order valence-electron chi connectivity index (χ4n) is 3.79. The number of pyridine rings is 1. The molecule has 0 saturated carbocycles. The van der Waals surface area contributed by atoms with Gasteiger partial charge in [-0.3, -0.25) is 0 Å². The molecule has 4 N–H and O–H groups in total. The van der Waals surface area contributed by atoms with E-state index in [4.69, 9.17) is 19.9 Å². The van der Waals surface area contributed by atoms with Gasteiger partial charge in [0.1, 0.15) is 48.5 Å². The van der Waals surface area contributed by atoms with Crippen molar-refractivity contribution in [2.24, 2.45) is 0 Å². The fraction of sp³-hybridized carbons (Fsp3) is 0.286. The van der Waals surface area contributed by atoms with Gasteiger partial charge in [-0.1, -0.05) is 0 Å². The van der Waals surface area contributed by atoms with Crippen LogP contribution in [0.25, 0.3) is 21.9 Å². The number of hydrogen-bond acceptors (Lipinski definition) is 9. The Bertz CT molecular complexity index is 1250. The van der Waals surface area contributed by atoms with Crippen molar-refractivity contribution in [3.8, 4) is 11.6 Å². The zero-order chi connectivity index (χ0) is 21.5. The van der Waals surface area contributed by atoms with Crippen molar-refractivity contribution in [2.75, 3.05) is 19.5 Å². The van der Waals surface area contributed by atoms with E-state index in [1.807, 2.05) is 12.1 Å². The second-order valence-electron chi connectivity index (χ2n) is 7.29. The van der Waals surface area contributed by atoms with Crippen LogP contribution < -0.4 is 15.2 Å². The highest BCUT2D eigenvalue weighted by atomic mass is 16.6. The zero-order valence-electron chi connectivity index (χ0n) is 16.6. The third kappa shape index (κ3) is 3.40. The van der Waals surface area contributed by atoms with Gasteiger partial charge in [0, 0.05) is 17.6 Å². The zero-order valence-corrected chi connectivity index (χ0v) is 16.6. The minimum Gasteiger partial charge on any atom is -0.491 e. The molecule has 1 fully saturated rings. The topological polar surface area (TPSA) is 138 Å². The summed E-state index contributed by atoms with van der Waals surface area (Å²) >= 11 is 0. The van der Waals surface area contributed by atoms with Gasteiger partial charge in [-0.25, -0.2) is 15.0 Å². The van der Waals surface area contributed by atoms with Gasteiger partial charge >= 0.3 is 0 Å². The third-order valence-corrected chi connectivity index (χ3v) is 5.38. The Morgan fingerprint density at radius 1 is 1.13 bits per heavy atom. The average Bonchev–Trinajstić information content (AvgIpc) is 3.33. The fourth-order valence-corrected chi connectivity index (χ4v) is 3.79. The summed E-state index contributed by atoms with van der Waals surface area (Å²) in [6, 6.07) is 10.8. The second kappa shape index (κ2) is 7.65. The Balaban J connectivity index is 1.34. The Morgan fingerprint density at radius 2 is 1.97 bits per heavy atom. The molecule has 0 bridgehead atoms. The van der Waals surface area contributed by atoms with Crippen molar-refractivity contribution in [1.82, 2.24) is 19.5 Å². The molecule has 4 heterocycles. The molecule has 1 aliphatic rings. The summed E-state index contributed by atoms with van der Waals surface area (Å²) in [4.78, 5) is 12.6. The first-order valence-corrected chi connectivity index (χ1v) is 9.71. The van der Waals surface area contributed by atoms with Crippen LogP contribution in [0.1, 0.15) is 6.23 Å². The smallest absolute Gasteiger partial charge is 0.225 e. The van der Waals surface area contributed by atoms with Crippen molar-refractivity contribution in [1.29, 1.82) is 0 Å². The number of methoxy groups -OCH3 is 1. The lowest BCUT2D eigenvalue weighted by molar-refractivity contribution is -0.0471. The number of benzene rings is 1. The molecule has 0 aliphatic carbocycles. The van der Waals surface area contributed by atoms with E-state index < -0.39 is 24.5 Å². The van der Waals surface area contributed by atoms with Gasteiger partial charge in [0.25, 0.3) is 0 Å². The number of nitrogens with zero attached hydrogens (tertiary/aromatic N) is 4. The summed E-state index contributed by atoms with van der Waals surface area (Å²) in [6.07, 6.45) is -0.796. The molecule has 4 aromatic rings. The maximum absolute atomic E-state index is 10.6. The van der Waals surface area contributed by atoms with Crippen molar-refractivity contribution in [3.63, 3.8) is 0 Å². The number of aliphatic hydroxyl groups excluding tert-OH is 2. The summed E-state index contributed by atoms with van der Waals surface area (Å²) in [5.74, 6) is 1.40. The molecule has 1 aliphatic heterocycles. The van der Waals surface area contributed by atoms with Crippen LogP contribution in [-0.4, -0.2) is 61.8 Å². The average molecular weight is 423 g/mol. The van der Waals surface area contributed by atoms with Crippen molar-refractivity contribution in [3.05, 3.63) is 48.9 Å². The Labute approximate surface area is 176 Å². The van der Waals surface area contributed by atoms with Gasteiger partial charge in [-0.15, -0.1) is 0 Å². The lowest BCUT2D eigenvalue weighted by Crippen LogP contribution is -2.34. The van der Waals surface area contributed by atoms with Crippen LogP contribution in [0.4, 0.5) is 5.82 Å². The molecule has 0 radical (unpaired) electrons. The molecule has 0 unspecified atom stereocenters. The van der Waals surface area contributed by atoms with Crippen LogP contribution in [0.3, 0.4) is 0 Å². The van der Waals surface area contributed by atoms with Crippen LogP contribution in [0.15, 0.2) is 48.9 Å². The molecule has 0 amide bonds. The molecule has 0 spiro atoms. The minimum atomic E-state index is -1.16. The van der Waals surface area contributed by atoms with E-state index in [9.17, 15) is 10.2 Å². The summed E-state index contributed by atoms with van der Waals surface area (Å²) in [5, 5.41) is 22.8. The molecule has 10 nitrogen and oxygen atoms in total. The SMILES string of the molecule is COc1ncnc2c1ccn2[C@@H]1O[C@H](COc2ccc3ccc(N)nc3c2)[C@@H](O)[C@H]1O. The number of nitrogens with two attached hydrogens (primary N) is 1. The van der Waals surface area contributed by atoms with Gasteiger partial charge in [0.15, 0.2) is 6.23 Å². The molecule has 1 aromatic carbocycles.